The third-order valence-corrected chi connectivity index (χ3v) is 9.73. The Bertz CT molecular complexity index is 891. The van der Waals surface area contributed by atoms with Crippen molar-refractivity contribution in [2.45, 2.75) is 69.8 Å². The molecular formula is C23H33N3O3S2. The molecule has 1 atom stereocenters. The number of likely N-dealkylation sites (tertiary alicyclic amines) is 2. The summed E-state index contributed by atoms with van der Waals surface area (Å²) in [5.74, 6) is 2.17. The van der Waals surface area contributed by atoms with Gasteiger partial charge in [0.15, 0.2) is 0 Å². The fraction of sp³-hybridized carbons (Fsp3) is 0.739. The number of nitrogens with zero attached hydrogens (tertiary/aromatic N) is 2. The van der Waals surface area contributed by atoms with Crippen molar-refractivity contribution >= 4 is 40.0 Å². The van der Waals surface area contributed by atoms with E-state index in [2.05, 4.69) is 4.90 Å². The lowest BCUT2D eigenvalue weighted by atomic mass is 9.74. The van der Waals surface area contributed by atoms with Gasteiger partial charge in [0.05, 0.1) is 16.0 Å². The van der Waals surface area contributed by atoms with E-state index in [9.17, 15) is 9.59 Å². The number of thioether (sulfide) groups is 1. The maximum absolute atomic E-state index is 13.3. The first-order valence-electron chi connectivity index (χ1n) is 11.5. The van der Waals surface area contributed by atoms with Crippen molar-refractivity contribution in [2.24, 2.45) is 5.41 Å². The first-order chi connectivity index (χ1) is 14.8. The van der Waals surface area contributed by atoms with Crippen LogP contribution in [0.1, 0.15) is 66.8 Å². The fourth-order valence-corrected chi connectivity index (χ4v) is 8.40. The number of nitrogen functional groups attached to an aromatic ring is 1. The number of piperidine rings is 2. The maximum Gasteiger partial charge on any atom is 0.314 e. The molecule has 1 aromatic heterocycles. The summed E-state index contributed by atoms with van der Waals surface area (Å²) in [7, 11) is 0. The zero-order valence-electron chi connectivity index (χ0n) is 18.6. The van der Waals surface area contributed by atoms with E-state index < -0.39 is 0 Å². The molecule has 2 N–H and O–H groups in total. The van der Waals surface area contributed by atoms with Gasteiger partial charge in [-0.3, -0.25) is 14.5 Å². The molecule has 6 nitrogen and oxygen atoms in total. The predicted octanol–water partition coefficient (Wildman–Crippen LogP) is 3.53. The molecule has 170 valence electrons. The smallest absolute Gasteiger partial charge is 0.314 e. The van der Waals surface area contributed by atoms with Gasteiger partial charge in [-0.05, 0) is 63.8 Å². The predicted molar refractivity (Wildman–Crippen MR) is 126 cm³/mol. The average Bonchev–Trinajstić information content (AvgIpc) is 3.19. The summed E-state index contributed by atoms with van der Waals surface area (Å²) < 4.78 is 5.69. The van der Waals surface area contributed by atoms with Crippen LogP contribution >= 0.6 is 23.1 Å². The molecule has 5 rings (SSSR count). The monoisotopic (exact) mass is 463 g/mol. The zero-order chi connectivity index (χ0) is 21.8. The van der Waals surface area contributed by atoms with E-state index in [0.717, 1.165) is 81.8 Å². The van der Waals surface area contributed by atoms with Crippen LogP contribution in [0.3, 0.4) is 0 Å². The Hall–Kier alpha value is -1.25. The summed E-state index contributed by atoms with van der Waals surface area (Å²) in [6.45, 7) is 7.42. The first kappa shape index (κ1) is 21.6. The number of rotatable bonds is 2. The number of fused-ring (bicyclic) bond motifs is 1. The van der Waals surface area contributed by atoms with Gasteiger partial charge in [-0.2, -0.15) is 11.8 Å². The highest BCUT2D eigenvalue weighted by molar-refractivity contribution is 7.98. The Morgan fingerprint density at radius 2 is 2.00 bits per heavy atom. The number of ether oxygens (including phenoxy) is 1. The summed E-state index contributed by atoms with van der Waals surface area (Å²) in [6, 6.07) is 0.433. The van der Waals surface area contributed by atoms with E-state index in [1.807, 2.05) is 30.5 Å². The van der Waals surface area contributed by atoms with Crippen molar-refractivity contribution < 1.29 is 14.3 Å². The van der Waals surface area contributed by atoms with Crippen molar-refractivity contribution in [3.8, 4) is 0 Å². The Morgan fingerprint density at radius 1 is 1.23 bits per heavy atom. The van der Waals surface area contributed by atoms with Crippen molar-refractivity contribution in [3.63, 3.8) is 0 Å². The second-order valence-electron chi connectivity index (χ2n) is 10.2. The Morgan fingerprint density at radius 3 is 2.71 bits per heavy atom. The van der Waals surface area contributed by atoms with E-state index in [1.165, 1.54) is 10.4 Å². The molecule has 1 aromatic rings. The second kappa shape index (κ2) is 7.96. The summed E-state index contributed by atoms with van der Waals surface area (Å²) in [4.78, 5) is 31.8. The zero-order valence-corrected chi connectivity index (χ0v) is 20.2. The van der Waals surface area contributed by atoms with Gasteiger partial charge in [-0.25, -0.2) is 0 Å². The number of esters is 1. The van der Waals surface area contributed by atoms with E-state index in [1.54, 1.807) is 11.3 Å². The minimum atomic E-state index is -0.353. The normalized spacial score (nSPS) is 29.2. The fourth-order valence-electron chi connectivity index (χ4n) is 6.15. The van der Waals surface area contributed by atoms with Crippen LogP contribution in [0.2, 0.25) is 0 Å². The third kappa shape index (κ3) is 3.89. The molecular weight excluding hydrogens is 430 g/mol. The van der Waals surface area contributed by atoms with Gasteiger partial charge in [0.2, 0.25) is 0 Å². The summed E-state index contributed by atoms with van der Waals surface area (Å²) in [5, 5.41) is 0.694. The minimum Gasteiger partial charge on any atom is -0.459 e. The molecule has 3 saturated heterocycles. The molecule has 0 saturated carbocycles. The average molecular weight is 464 g/mol. The van der Waals surface area contributed by atoms with Gasteiger partial charge in [0.1, 0.15) is 5.60 Å². The number of cyclic esters (lactones) is 1. The summed E-state index contributed by atoms with van der Waals surface area (Å²) in [6.07, 6.45) is 5.66. The Labute approximate surface area is 192 Å². The maximum atomic E-state index is 13.3. The van der Waals surface area contributed by atoms with Crippen LogP contribution in [-0.4, -0.2) is 65.3 Å². The van der Waals surface area contributed by atoms with Crippen LogP contribution < -0.4 is 5.73 Å². The Balaban J connectivity index is 1.24. The van der Waals surface area contributed by atoms with Crippen LogP contribution in [0.5, 0.6) is 0 Å². The molecule has 0 aliphatic carbocycles. The van der Waals surface area contributed by atoms with Crippen molar-refractivity contribution in [1.82, 2.24) is 9.80 Å². The van der Waals surface area contributed by atoms with Gasteiger partial charge in [-0.15, -0.1) is 11.3 Å². The number of thiophene rings is 1. The van der Waals surface area contributed by atoms with E-state index >= 15 is 0 Å². The van der Waals surface area contributed by atoms with E-state index in [-0.39, 0.29) is 22.9 Å². The highest BCUT2D eigenvalue weighted by Crippen LogP contribution is 2.47. The quantitative estimate of drug-likeness (QED) is 0.676. The number of carbonyl (C=O) groups is 2. The SMILES string of the molecule is CC1(C)CC2(CCCN(C3CCN(C(=O)c4c(N)sc5c4CCSC5)CC3)C2)C(=O)O1. The highest BCUT2D eigenvalue weighted by Gasteiger charge is 2.54. The number of carbonyl (C=O) groups excluding carboxylic acids is 2. The molecule has 3 fully saturated rings. The highest BCUT2D eigenvalue weighted by atomic mass is 32.2. The van der Waals surface area contributed by atoms with Gasteiger partial charge in [0, 0.05) is 42.7 Å². The number of hydrogen-bond donors (Lipinski definition) is 1. The third-order valence-electron chi connectivity index (χ3n) is 7.50. The van der Waals surface area contributed by atoms with Crippen LogP contribution in [0, 0.1) is 5.41 Å². The lowest BCUT2D eigenvalue weighted by Gasteiger charge is -2.44. The van der Waals surface area contributed by atoms with Crippen LogP contribution in [0.4, 0.5) is 5.00 Å². The molecule has 0 aromatic carbocycles. The lowest BCUT2D eigenvalue weighted by molar-refractivity contribution is -0.154. The molecule has 8 heteroatoms. The van der Waals surface area contributed by atoms with Crippen molar-refractivity contribution in [2.75, 3.05) is 37.7 Å². The van der Waals surface area contributed by atoms with Gasteiger partial charge < -0.3 is 15.4 Å². The van der Waals surface area contributed by atoms with Gasteiger partial charge >= 0.3 is 5.97 Å². The molecule has 5 heterocycles. The molecule has 0 bridgehead atoms. The molecule has 31 heavy (non-hydrogen) atoms. The molecule has 1 unspecified atom stereocenters. The van der Waals surface area contributed by atoms with E-state index in [4.69, 9.17) is 10.5 Å². The van der Waals surface area contributed by atoms with E-state index in [0.29, 0.717) is 11.0 Å². The standard InChI is InChI=1S/C23H33N3O3S2/c1-22(2)13-23(21(28)29-22)7-3-8-26(14-23)15-4-9-25(10-5-15)20(27)18-16-6-11-30-12-17(16)31-19(18)24/h15H,3-14,24H2,1-2H3. The molecule has 0 radical (unpaired) electrons. The number of amides is 1. The second-order valence-corrected chi connectivity index (χ2v) is 12.5. The number of hydrogen-bond acceptors (Lipinski definition) is 7. The lowest BCUT2D eigenvalue weighted by Crippen LogP contribution is -2.53. The largest absolute Gasteiger partial charge is 0.459 e. The summed E-state index contributed by atoms with van der Waals surface area (Å²) >= 11 is 3.52. The van der Waals surface area contributed by atoms with Gasteiger partial charge in [0.25, 0.3) is 5.91 Å². The topological polar surface area (TPSA) is 75.9 Å². The molecule has 4 aliphatic rings. The Kier molecular flexibility index (Phi) is 5.54. The molecule has 4 aliphatic heterocycles. The van der Waals surface area contributed by atoms with Crippen molar-refractivity contribution in [3.05, 3.63) is 16.0 Å². The van der Waals surface area contributed by atoms with Gasteiger partial charge in [-0.1, -0.05) is 0 Å². The van der Waals surface area contributed by atoms with Crippen LogP contribution in [0.15, 0.2) is 0 Å². The van der Waals surface area contributed by atoms with Crippen LogP contribution in [-0.2, 0) is 21.7 Å². The number of nitrogens with two attached hydrogens (primary N) is 1. The van der Waals surface area contributed by atoms with Crippen LogP contribution in [0.25, 0.3) is 0 Å². The first-order valence-corrected chi connectivity index (χ1v) is 13.5. The van der Waals surface area contributed by atoms with Crippen molar-refractivity contribution in [1.29, 1.82) is 0 Å². The molecule has 1 spiro atoms. The summed E-state index contributed by atoms with van der Waals surface area (Å²) in [5.41, 5.74) is 7.58. The molecule has 1 amide bonds. The minimum absolute atomic E-state index is 0.00863. The number of anilines is 1.